The Morgan fingerprint density at radius 3 is 2.29 bits per heavy atom. The Morgan fingerprint density at radius 1 is 1.09 bits per heavy atom. The van der Waals surface area contributed by atoms with Crippen LogP contribution in [0.3, 0.4) is 0 Å². The molecule has 2 aromatic rings. The first-order valence-electron chi connectivity index (χ1n) is 11.7. The number of ether oxygens (including phenoxy) is 2. The third kappa shape index (κ3) is 7.76. The Balaban J connectivity index is 2.22. The monoisotopic (exact) mass is 532 g/mol. The molecule has 0 aliphatic heterocycles. The van der Waals surface area contributed by atoms with Gasteiger partial charge in [0, 0.05) is 13.1 Å². The zero-order valence-electron chi connectivity index (χ0n) is 21.1. The summed E-state index contributed by atoms with van der Waals surface area (Å²) in [6.07, 6.45) is 1.33. The van der Waals surface area contributed by atoms with Gasteiger partial charge in [-0.3, -0.25) is 9.59 Å². The summed E-state index contributed by atoms with van der Waals surface area (Å²) in [5.74, 6) is 0.929. The van der Waals surface area contributed by atoms with Crippen LogP contribution in [0.2, 0.25) is 0 Å². The molecule has 2 rings (SSSR count). The minimum absolute atomic E-state index is 0.00618. The zero-order chi connectivity index (χ0) is 25.3. The average molecular weight is 534 g/mol. The van der Waals surface area contributed by atoms with Crippen molar-refractivity contribution in [1.29, 1.82) is 0 Å². The first kappa shape index (κ1) is 27.7. The van der Waals surface area contributed by atoms with Gasteiger partial charge >= 0.3 is 0 Å². The largest absolute Gasteiger partial charge is 0.497 e. The van der Waals surface area contributed by atoms with Gasteiger partial charge in [-0.25, -0.2) is 0 Å². The SMILES string of the molecule is CCCNC(=O)C(CC)N(Cc1ccc(OC)cc1)C(=O)COc1ccc(C(C)(C)C)cc1Br. The minimum Gasteiger partial charge on any atom is -0.497 e. The number of carbonyl (C=O) groups is 2. The van der Waals surface area contributed by atoms with Crippen LogP contribution in [0.15, 0.2) is 46.9 Å². The van der Waals surface area contributed by atoms with Crippen LogP contribution in [-0.2, 0) is 21.5 Å². The minimum atomic E-state index is -0.587. The predicted molar refractivity (Wildman–Crippen MR) is 139 cm³/mol. The van der Waals surface area contributed by atoms with E-state index in [1.807, 2.05) is 56.3 Å². The first-order valence-corrected chi connectivity index (χ1v) is 12.5. The molecule has 1 atom stereocenters. The number of hydrogen-bond acceptors (Lipinski definition) is 4. The molecule has 0 aliphatic carbocycles. The summed E-state index contributed by atoms with van der Waals surface area (Å²) in [5, 5.41) is 2.92. The Morgan fingerprint density at radius 2 is 1.76 bits per heavy atom. The quantitative estimate of drug-likeness (QED) is 0.416. The molecule has 0 spiro atoms. The van der Waals surface area contributed by atoms with Crippen LogP contribution in [0.1, 0.15) is 58.6 Å². The van der Waals surface area contributed by atoms with E-state index in [4.69, 9.17) is 9.47 Å². The molecule has 7 heteroatoms. The topological polar surface area (TPSA) is 67.9 Å². The molecular weight excluding hydrogens is 496 g/mol. The number of nitrogens with zero attached hydrogens (tertiary/aromatic N) is 1. The van der Waals surface area contributed by atoms with E-state index in [0.29, 0.717) is 25.3 Å². The van der Waals surface area contributed by atoms with Crippen LogP contribution >= 0.6 is 15.9 Å². The molecule has 2 amide bonds. The number of benzene rings is 2. The molecule has 0 saturated heterocycles. The fourth-order valence-electron chi connectivity index (χ4n) is 3.52. The fraction of sp³-hybridized carbons (Fsp3) is 0.481. The van der Waals surface area contributed by atoms with Gasteiger partial charge in [0.05, 0.1) is 11.6 Å². The lowest BCUT2D eigenvalue weighted by Crippen LogP contribution is -2.50. The number of amides is 2. The van der Waals surface area contributed by atoms with Gasteiger partial charge in [0.25, 0.3) is 5.91 Å². The Kier molecular flexibility index (Phi) is 10.4. The third-order valence-corrected chi connectivity index (χ3v) is 6.22. The summed E-state index contributed by atoms with van der Waals surface area (Å²) in [4.78, 5) is 27.8. The molecule has 34 heavy (non-hydrogen) atoms. The van der Waals surface area contributed by atoms with Crippen molar-refractivity contribution >= 4 is 27.7 Å². The van der Waals surface area contributed by atoms with E-state index >= 15 is 0 Å². The van der Waals surface area contributed by atoms with Gasteiger partial charge in [0.2, 0.25) is 5.91 Å². The maximum absolute atomic E-state index is 13.3. The molecule has 0 radical (unpaired) electrons. The number of rotatable bonds is 11. The number of hydrogen-bond donors (Lipinski definition) is 1. The molecule has 1 N–H and O–H groups in total. The van der Waals surface area contributed by atoms with Crippen molar-refractivity contribution < 1.29 is 19.1 Å². The summed E-state index contributed by atoms with van der Waals surface area (Å²) in [7, 11) is 1.61. The third-order valence-electron chi connectivity index (χ3n) is 5.60. The highest BCUT2D eigenvalue weighted by molar-refractivity contribution is 9.10. The summed E-state index contributed by atoms with van der Waals surface area (Å²) in [6, 6.07) is 12.8. The molecule has 0 bridgehead atoms. The molecule has 0 heterocycles. The molecule has 1 unspecified atom stereocenters. The molecule has 2 aromatic carbocycles. The normalized spacial score (nSPS) is 12.1. The van der Waals surface area contributed by atoms with E-state index in [-0.39, 0.29) is 23.8 Å². The van der Waals surface area contributed by atoms with Crippen molar-refractivity contribution in [2.24, 2.45) is 0 Å². The second-order valence-corrected chi connectivity index (χ2v) is 10.1. The van der Waals surface area contributed by atoms with E-state index in [0.717, 1.165) is 27.8 Å². The zero-order valence-corrected chi connectivity index (χ0v) is 22.7. The van der Waals surface area contributed by atoms with Crippen LogP contribution < -0.4 is 14.8 Å². The molecule has 0 aromatic heterocycles. The van der Waals surface area contributed by atoms with E-state index in [1.54, 1.807) is 12.0 Å². The number of nitrogens with one attached hydrogen (secondary N) is 1. The van der Waals surface area contributed by atoms with Crippen LogP contribution in [0.4, 0.5) is 0 Å². The van der Waals surface area contributed by atoms with Crippen LogP contribution in [0.25, 0.3) is 0 Å². The van der Waals surface area contributed by atoms with Crippen molar-refractivity contribution in [3.63, 3.8) is 0 Å². The average Bonchev–Trinajstić information content (AvgIpc) is 2.81. The number of methoxy groups -OCH3 is 1. The van der Waals surface area contributed by atoms with E-state index in [2.05, 4.69) is 42.0 Å². The maximum Gasteiger partial charge on any atom is 0.261 e. The van der Waals surface area contributed by atoms with E-state index in [1.165, 1.54) is 0 Å². The Labute approximate surface area is 212 Å². The molecule has 6 nitrogen and oxygen atoms in total. The lowest BCUT2D eigenvalue weighted by molar-refractivity contribution is -0.143. The lowest BCUT2D eigenvalue weighted by atomic mass is 9.87. The van der Waals surface area contributed by atoms with E-state index in [9.17, 15) is 9.59 Å². The van der Waals surface area contributed by atoms with Crippen molar-refractivity contribution in [1.82, 2.24) is 10.2 Å². The molecule has 0 aliphatic rings. The van der Waals surface area contributed by atoms with Crippen molar-refractivity contribution in [3.05, 3.63) is 58.1 Å². The van der Waals surface area contributed by atoms with Gasteiger partial charge in [-0.2, -0.15) is 0 Å². The molecule has 0 saturated carbocycles. The smallest absolute Gasteiger partial charge is 0.261 e. The van der Waals surface area contributed by atoms with Gasteiger partial charge in [-0.15, -0.1) is 0 Å². The van der Waals surface area contributed by atoms with Crippen LogP contribution in [0, 0.1) is 0 Å². The summed E-state index contributed by atoms with van der Waals surface area (Å²) in [6.45, 7) is 11.0. The molecule has 0 fully saturated rings. The second-order valence-electron chi connectivity index (χ2n) is 9.27. The summed E-state index contributed by atoms with van der Waals surface area (Å²) >= 11 is 3.56. The van der Waals surface area contributed by atoms with Gasteiger partial charge in [0.15, 0.2) is 6.61 Å². The molecular formula is C27H37BrN2O4. The van der Waals surface area contributed by atoms with Gasteiger partial charge in [-0.1, -0.05) is 52.8 Å². The highest BCUT2D eigenvalue weighted by Gasteiger charge is 2.29. The van der Waals surface area contributed by atoms with Crippen molar-refractivity contribution in [2.45, 2.75) is 65.5 Å². The number of carbonyl (C=O) groups excluding carboxylic acids is 2. The molecule has 186 valence electrons. The van der Waals surface area contributed by atoms with Crippen LogP contribution in [0.5, 0.6) is 11.5 Å². The highest BCUT2D eigenvalue weighted by atomic mass is 79.9. The maximum atomic E-state index is 13.3. The second kappa shape index (κ2) is 12.8. The van der Waals surface area contributed by atoms with Gasteiger partial charge in [-0.05, 0) is 69.6 Å². The fourth-order valence-corrected chi connectivity index (χ4v) is 4.01. The number of halogens is 1. The van der Waals surface area contributed by atoms with Crippen molar-refractivity contribution in [3.8, 4) is 11.5 Å². The summed E-state index contributed by atoms with van der Waals surface area (Å²) < 4.78 is 11.9. The highest BCUT2D eigenvalue weighted by Crippen LogP contribution is 2.31. The van der Waals surface area contributed by atoms with Gasteiger partial charge < -0.3 is 19.7 Å². The van der Waals surface area contributed by atoms with Crippen molar-refractivity contribution in [2.75, 3.05) is 20.3 Å². The van der Waals surface area contributed by atoms with E-state index < -0.39 is 6.04 Å². The lowest BCUT2D eigenvalue weighted by Gasteiger charge is -2.30. The predicted octanol–water partition coefficient (Wildman–Crippen LogP) is 5.47. The summed E-state index contributed by atoms with van der Waals surface area (Å²) in [5.41, 5.74) is 2.08. The van der Waals surface area contributed by atoms with Gasteiger partial charge in [0.1, 0.15) is 17.5 Å². The Bertz CT molecular complexity index is 954. The van der Waals surface area contributed by atoms with Crippen LogP contribution in [-0.4, -0.2) is 43.0 Å². The standard InChI is InChI=1S/C27H37BrN2O4/c1-7-15-29-26(32)23(8-2)30(17-19-9-12-21(33-6)13-10-19)25(31)18-34-24-14-11-20(16-22(24)28)27(3,4)5/h9-14,16,23H,7-8,15,17-18H2,1-6H3,(H,29,32). The first-order chi connectivity index (χ1) is 16.1. The Hall–Kier alpha value is -2.54.